The van der Waals surface area contributed by atoms with Crippen LogP contribution in [0.2, 0.25) is 0 Å². The number of rotatable bonds is 5. The molecule has 0 amide bonds. The zero-order valence-electron chi connectivity index (χ0n) is 12.1. The fourth-order valence-corrected chi connectivity index (χ4v) is 2.68. The Hall–Kier alpha value is -0.540. The number of benzene rings is 1. The third-order valence-electron chi connectivity index (χ3n) is 3.19. The van der Waals surface area contributed by atoms with Crippen molar-refractivity contribution >= 4 is 21.6 Å². The average molecular weight is 313 g/mol. The summed E-state index contributed by atoms with van der Waals surface area (Å²) in [5, 5.41) is 3.60. The maximum Gasteiger partial charge on any atom is 0.0470 e. The summed E-state index contributed by atoms with van der Waals surface area (Å²) in [7, 11) is 0. The van der Waals surface area contributed by atoms with E-state index < -0.39 is 0 Å². The second-order valence-electron chi connectivity index (χ2n) is 5.91. The van der Waals surface area contributed by atoms with Crippen molar-refractivity contribution in [3.05, 3.63) is 27.7 Å². The molecule has 1 unspecified atom stereocenters. The van der Waals surface area contributed by atoms with Crippen molar-refractivity contribution in [3.8, 4) is 0 Å². The van der Waals surface area contributed by atoms with Crippen LogP contribution in [0.1, 0.15) is 38.3 Å². The molecule has 0 bridgehead atoms. The standard InChI is InChI=1S/C15H25BrN2/c1-10(2)8-15(5,9-17)18-13-6-11(3)14(16)12(4)7-13/h6-7,10,18H,8-9,17H2,1-5H3. The largest absolute Gasteiger partial charge is 0.379 e. The van der Waals surface area contributed by atoms with E-state index in [0.29, 0.717) is 12.5 Å². The lowest BCUT2D eigenvalue weighted by Gasteiger charge is -2.32. The molecular formula is C15H25BrN2. The molecule has 0 spiro atoms. The van der Waals surface area contributed by atoms with E-state index in [-0.39, 0.29) is 5.54 Å². The Morgan fingerprint density at radius 1 is 1.28 bits per heavy atom. The highest BCUT2D eigenvalue weighted by molar-refractivity contribution is 9.10. The molecule has 1 aromatic carbocycles. The van der Waals surface area contributed by atoms with Crippen molar-refractivity contribution in [2.45, 2.75) is 46.6 Å². The summed E-state index contributed by atoms with van der Waals surface area (Å²) in [5.41, 5.74) is 9.55. The quantitative estimate of drug-likeness (QED) is 0.853. The summed E-state index contributed by atoms with van der Waals surface area (Å²) in [6.07, 6.45) is 1.07. The molecule has 0 heterocycles. The number of nitrogens with two attached hydrogens (primary N) is 1. The molecule has 1 atom stereocenters. The van der Waals surface area contributed by atoms with E-state index >= 15 is 0 Å². The minimum atomic E-state index is -0.0408. The lowest BCUT2D eigenvalue weighted by molar-refractivity contribution is 0.407. The molecule has 0 saturated carbocycles. The van der Waals surface area contributed by atoms with Crippen LogP contribution >= 0.6 is 15.9 Å². The second kappa shape index (κ2) is 6.07. The van der Waals surface area contributed by atoms with Crippen molar-refractivity contribution in [1.29, 1.82) is 0 Å². The van der Waals surface area contributed by atoms with Crippen LogP contribution in [0.15, 0.2) is 16.6 Å². The smallest absolute Gasteiger partial charge is 0.0470 e. The summed E-state index contributed by atoms with van der Waals surface area (Å²) in [6, 6.07) is 4.34. The molecule has 0 aliphatic heterocycles. The Labute approximate surface area is 119 Å². The van der Waals surface area contributed by atoms with Gasteiger partial charge in [0.05, 0.1) is 0 Å². The first-order chi connectivity index (χ1) is 8.27. The fourth-order valence-electron chi connectivity index (χ4n) is 2.45. The maximum absolute atomic E-state index is 5.94. The van der Waals surface area contributed by atoms with E-state index in [2.05, 4.69) is 68.0 Å². The Balaban J connectivity index is 2.95. The van der Waals surface area contributed by atoms with Gasteiger partial charge < -0.3 is 11.1 Å². The van der Waals surface area contributed by atoms with E-state index in [0.717, 1.165) is 12.1 Å². The molecule has 102 valence electrons. The highest BCUT2D eigenvalue weighted by atomic mass is 79.9. The van der Waals surface area contributed by atoms with Gasteiger partial charge >= 0.3 is 0 Å². The van der Waals surface area contributed by atoms with Gasteiger partial charge in [-0.1, -0.05) is 29.8 Å². The van der Waals surface area contributed by atoms with Gasteiger partial charge in [-0.25, -0.2) is 0 Å². The predicted octanol–water partition coefficient (Wildman–Crippen LogP) is 4.24. The van der Waals surface area contributed by atoms with E-state index in [1.54, 1.807) is 0 Å². The zero-order chi connectivity index (χ0) is 13.9. The lowest BCUT2D eigenvalue weighted by Crippen LogP contribution is -2.43. The van der Waals surface area contributed by atoms with Gasteiger partial charge in [-0.15, -0.1) is 0 Å². The Bertz CT molecular complexity index is 392. The van der Waals surface area contributed by atoms with E-state index in [9.17, 15) is 0 Å². The monoisotopic (exact) mass is 312 g/mol. The normalized spacial score (nSPS) is 14.7. The van der Waals surface area contributed by atoms with Crippen LogP contribution in [-0.2, 0) is 0 Å². The van der Waals surface area contributed by atoms with Gasteiger partial charge in [0, 0.05) is 22.2 Å². The van der Waals surface area contributed by atoms with Crippen LogP contribution in [-0.4, -0.2) is 12.1 Å². The molecule has 0 aromatic heterocycles. The van der Waals surface area contributed by atoms with Gasteiger partial charge in [-0.05, 0) is 56.4 Å². The number of hydrogen-bond acceptors (Lipinski definition) is 2. The van der Waals surface area contributed by atoms with Gasteiger partial charge in [0.2, 0.25) is 0 Å². The van der Waals surface area contributed by atoms with E-state index in [1.807, 2.05) is 0 Å². The van der Waals surface area contributed by atoms with Gasteiger partial charge in [0.1, 0.15) is 0 Å². The molecule has 1 rings (SSSR count). The summed E-state index contributed by atoms with van der Waals surface area (Å²) in [5.74, 6) is 0.628. The van der Waals surface area contributed by atoms with Crippen LogP contribution in [0.3, 0.4) is 0 Å². The van der Waals surface area contributed by atoms with Crippen LogP contribution in [0.4, 0.5) is 5.69 Å². The molecule has 0 fully saturated rings. The number of anilines is 1. The highest BCUT2D eigenvalue weighted by Crippen LogP contribution is 2.28. The summed E-state index contributed by atoms with van der Waals surface area (Å²) < 4.78 is 1.19. The SMILES string of the molecule is Cc1cc(NC(C)(CN)CC(C)C)cc(C)c1Br. The molecule has 0 saturated heterocycles. The van der Waals surface area contributed by atoms with E-state index in [1.165, 1.54) is 15.6 Å². The predicted molar refractivity (Wildman–Crippen MR) is 84.2 cm³/mol. The van der Waals surface area contributed by atoms with Gasteiger partial charge in [0.15, 0.2) is 0 Å². The minimum Gasteiger partial charge on any atom is -0.379 e. The number of halogens is 1. The first-order valence-electron chi connectivity index (χ1n) is 6.52. The molecule has 3 heteroatoms. The Kier molecular flexibility index (Phi) is 5.23. The lowest BCUT2D eigenvalue weighted by atomic mass is 9.90. The molecule has 0 aliphatic rings. The molecule has 1 aromatic rings. The van der Waals surface area contributed by atoms with Gasteiger partial charge in [-0.2, -0.15) is 0 Å². The van der Waals surface area contributed by atoms with Crippen LogP contribution < -0.4 is 11.1 Å². The first-order valence-corrected chi connectivity index (χ1v) is 7.31. The van der Waals surface area contributed by atoms with Gasteiger partial charge in [0.25, 0.3) is 0 Å². The number of hydrogen-bond donors (Lipinski definition) is 2. The van der Waals surface area contributed by atoms with Crippen LogP contribution in [0.25, 0.3) is 0 Å². The van der Waals surface area contributed by atoms with Crippen LogP contribution in [0.5, 0.6) is 0 Å². The molecule has 3 N–H and O–H groups in total. The minimum absolute atomic E-state index is 0.0408. The van der Waals surface area contributed by atoms with Gasteiger partial charge in [-0.3, -0.25) is 0 Å². The molecule has 0 aliphatic carbocycles. The van der Waals surface area contributed by atoms with Crippen molar-refractivity contribution in [3.63, 3.8) is 0 Å². The zero-order valence-corrected chi connectivity index (χ0v) is 13.7. The van der Waals surface area contributed by atoms with E-state index in [4.69, 9.17) is 5.73 Å². The molecule has 2 nitrogen and oxygen atoms in total. The van der Waals surface area contributed by atoms with Crippen molar-refractivity contribution in [2.75, 3.05) is 11.9 Å². The Morgan fingerprint density at radius 3 is 2.17 bits per heavy atom. The number of nitrogens with one attached hydrogen (secondary N) is 1. The second-order valence-corrected chi connectivity index (χ2v) is 6.70. The topological polar surface area (TPSA) is 38.0 Å². The van der Waals surface area contributed by atoms with Crippen molar-refractivity contribution in [2.24, 2.45) is 11.7 Å². The summed E-state index contributed by atoms with van der Waals surface area (Å²) >= 11 is 3.60. The van der Waals surface area contributed by atoms with Crippen molar-refractivity contribution in [1.82, 2.24) is 0 Å². The summed E-state index contributed by atoms with van der Waals surface area (Å²) in [4.78, 5) is 0. The molecule has 0 radical (unpaired) electrons. The average Bonchev–Trinajstić information content (AvgIpc) is 2.24. The van der Waals surface area contributed by atoms with Crippen molar-refractivity contribution < 1.29 is 0 Å². The first kappa shape index (κ1) is 15.5. The summed E-state index contributed by atoms with van der Waals surface area (Å²) in [6.45, 7) is 11.5. The number of aryl methyl sites for hydroxylation is 2. The Morgan fingerprint density at radius 2 is 1.78 bits per heavy atom. The maximum atomic E-state index is 5.94. The highest BCUT2D eigenvalue weighted by Gasteiger charge is 2.23. The molecular weight excluding hydrogens is 288 g/mol. The third-order valence-corrected chi connectivity index (χ3v) is 4.44. The van der Waals surface area contributed by atoms with Crippen LogP contribution in [0, 0.1) is 19.8 Å². The fraction of sp³-hybridized carbons (Fsp3) is 0.600. The molecule has 18 heavy (non-hydrogen) atoms. The third kappa shape index (κ3) is 3.99.